The van der Waals surface area contributed by atoms with Crippen LogP contribution < -0.4 is 14.5 Å². The van der Waals surface area contributed by atoms with Gasteiger partial charge in [0.25, 0.3) is 0 Å². The van der Waals surface area contributed by atoms with Crippen molar-refractivity contribution in [3.05, 3.63) is 76.2 Å². The molecule has 27 heavy (non-hydrogen) atoms. The fourth-order valence-electron chi connectivity index (χ4n) is 3.25. The minimum Gasteiger partial charge on any atom is -0.493 e. The SMILES string of the molecule is COc1ccc([C@@H]2CC(c3cccs3)=NN2c2ccc(F)cc2)cc1OC. The zero-order valence-electron chi connectivity index (χ0n) is 15.1. The van der Waals surface area contributed by atoms with Crippen molar-refractivity contribution >= 4 is 22.7 Å². The smallest absolute Gasteiger partial charge is 0.161 e. The lowest BCUT2D eigenvalue weighted by Crippen LogP contribution is -2.18. The van der Waals surface area contributed by atoms with Crippen molar-refractivity contribution in [2.75, 3.05) is 19.2 Å². The van der Waals surface area contributed by atoms with Crippen molar-refractivity contribution in [2.24, 2.45) is 5.10 Å². The van der Waals surface area contributed by atoms with Crippen LogP contribution in [0, 0.1) is 5.82 Å². The zero-order valence-corrected chi connectivity index (χ0v) is 15.9. The van der Waals surface area contributed by atoms with Gasteiger partial charge in [0.05, 0.1) is 36.5 Å². The fraction of sp³-hybridized carbons (Fsp3) is 0.190. The molecule has 1 atom stereocenters. The Hall–Kier alpha value is -2.86. The topological polar surface area (TPSA) is 34.1 Å². The number of nitrogens with zero attached hydrogens (tertiary/aromatic N) is 2. The van der Waals surface area contributed by atoms with E-state index in [-0.39, 0.29) is 11.9 Å². The van der Waals surface area contributed by atoms with Crippen molar-refractivity contribution in [2.45, 2.75) is 12.5 Å². The molecule has 0 aliphatic carbocycles. The molecule has 0 unspecified atom stereocenters. The summed E-state index contributed by atoms with van der Waals surface area (Å²) in [6, 6.07) is 16.4. The molecule has 0 saturated carbocycles. The van der Waals surface area contributed by atoms with Crippen molar-refractivity contribution in [3.63, 3.8) is 0 Å². The third-order valence-corrected chi connectivity index (χ3v) is 5.52. The molecule has 6 heteroatoms. The van der Waals surface area contributed by atoms with Crippen molar-refractivity contribution in [1.82, 2.24) is 0 Å². The Morgan fingerprint density at radius 1 is 1.04 bits per heavy atom. The molecule has 1 aliphatic heterocycles. The number of hydrogen-bond donors (Lipinski definition) is 0. The lowest BCUT2D eigenvalue weighted by molar-refractivity contribution is 0.354. The van der Waals surface area contributed by atoms with Crippen LogP contribution >= 0.6 is 11.3 Å². The number of halogens is 1. The number of rotatable bonds is 5. The zero-order chi connectivity index (χ0) is 18.8. The Morgan fingerprint density at radius 3 is 2.48 bits per heavy atom. The minimum atomic E-state index is -0.261. The highest BCUT2D eigenvalue weighted by Gasteiger charge is 2.31. The fourth-order valence-corrected chi connectivity index (χ4v) is 3.97. The first-order valence-electron chi connectivity index (χ1n) is 8.57. The van der Waals surface area contributed by atoms with Gasteiger partial charge < -0.3 is 9.47 Å². The highest BCUT2D eigenvalue weighted by atomic mass is 32.1. The molecule has 0 spiro atoms. The van der Waals surface area contributed by atoms with Gasteiger partial charge in [-0.1, -0.05) is 12.1 Å². The van der Waals surface area contributed by atoms with Crippen LogP contribution in [0.15, 0.2) is 65.1 Å². The van der Waals surface area contributed by atoms with Crippen molar-refractivity contribution < 1.29 is 13.9 Å². The van der Waals surface area contributed by atoms with E-state index in [0.717, 1.165) is 28.3 Å². The number of hydrazone groups is 1. The summed E-state index contributed by atoms with van der Waals surface area (Å²) < 4.78 is 24.2. The Labute approximate surface area is 161 Å². The number of anilines is 1. The predicted octanol–water partition coefficient (Wildman–Crippen LogP) is 5.26. The molecule has 0 radical (unpaired) electrons. The van der Waals surface area contributed by atoms with E-state index in [2.05, 4.69) is 6.07 Å². The molecule has 4 rings (SSSR count). The second-order valence-electron chi connectivity index (χ2n) is 6.18. The normalized spacial score (nSPS) is 16.3. The number of methoxy groups -OCH3 is 2. The Balaban J connectivity index is 1.75. The van der Waals surface area contributed by atoms with E-state index in [1.807, 2.05) is 34.7 Å². The van der Waals surface area contributed by atoms with Crippen LogP contribution in [-0.4, -0.2) is 19.9 Å². The Bertz CT molecular complexity index is 955. The summed E-state index contributed by atoms with van der Waals surface area (Å²) in [6.07, 6.45) is 0.757. The van der Waals surface area contributed by atoms with Gasteiger partial charge in [-0.15, -0.1) is 11.3 Å². The number of ether oxygens (including phenoxy) is 2. The molecule has 138 valence electrons. The minimum absolute atomic E-state index is 0.00707. The quantitative estimate of drug-likeness (QED) is 0.604. The second kappa shape index (κ2) is 7.40. The molecule has 1 aliphatic rings. The summed E-state index contributed by atoms with van der Waals surface area (Å²) in [5, 5.41) is 8.85. The molecule has 4 nitrogen and oxygen atoms in total. The van der Waals surface area contributed by atoms with Gasteiger partial charge in [0.15, 0.2) is 11.5 Å². The average Bonchev–Trinajstić information content (AvgIpc) is 3.38. The highest BCUT2D eigenvalue weighted by Crippen LogP contribution is 2.40. The van der Waals surface area contributed by atoms with Gasteiger partial charge in [0, 0.05) is 6.42 Å². The number of thiophene rings is 1. The third kappa shape index (κ3) is 3.40. The molecule has 0 fully saturated rings. The standard InChI is InChI=1S/C21H19FN2O2S/c1-25-19-10-5-14(12-20(19)26-2)18-13-17(21-4-3-11-27-21)23-24(18)16-8-6-15(22)7-9-16/h3-12,18H,13H2,1-2H3/t18-/m0/s1. The van der Waals surface area contributed by atoms with Crippen LogP contribution in [-0.2, 0) is 0 Å². The molecule has 0 bridgehead atoms. The van der Waals surface area contributed by atoms with E-state index < -0.39 is 0 Å². The van der Waals surface area contributed by atoms with E-state index in [1.165, 1.54) is 12.1 Å². The molecular weight excluding hydrogens is 363 g/mol. The van der Waals surface area contributed by atoms with Crippen LogP contribution in [0.3, 0.4) is 0 Å². The molecule has 3 aromatic rings. The largest absolute Gasteiger partial charge is 0.493 e. The van der Waals surface area contributed by atoms with E-state index in [4.69, 9.17) is 14.6 Å². The van der Waals surface area contributed by atoms with Crippen molar-refractivity contribution in [1.29, 1.82) is 0 Å². The van der Waals surface area contributed by atoms with Gasteiger partial charge in [-0.2, -0.15) is 5.10 Å². The molecule has 0 N–H and O–H groups in total. The second-order valence-corrected chi connectivity index (χ2v) is 7.13. The van der Waals surface area contributed by atoms with Crippen LogP contribution in [0.4, 0.5) is 10.1 Å². The first-order chi connectivity index (χ1) is 13.2. The maximum absolute atomic E-state index is 13.4. The van der Waals surface area contributed by atoms with Crippen molar-refractivity contribution in [3.8, 4) is 11.5 Å². The summed E-state index contributed by atoms with van der Waals surface area (Å²) in [5.74, 6) is 1.11. The van der Waals surface area contributed by atoms with E-state index in [1.54, 1.807) is 37.7 Å². The predicted molar refractivity (Wildman–Crippen MR) is 107 cm³/mol. The molecule has 0 saturated heterocycles. The Kier molecular flexibility index (Phi) is 4.81. The first kappa shape index (κ1) is 17.5. The summed E-state index contributed by atoms with van der Waals surface area (Å²) in [6.45, 7) is 0. The van der Waals surface area contributed by atoms with Gasteiger partial charge in [-0.25, -0.2) is 4.39 Å². The average molecular weight is 382 g/mol. The molecule has 0 amide bonds. The monoisotopic (exact) mass is 382 g/mol. The van der Waals surface area contributed by atoms with Gasteiger partial charge >= 0.3 is 0 Å². The van der Waals surface area contributed by atoms with Gasteiger partial charge in [-0.3, -0.25) is 5.01 Å². The molecule has 1 aromatic heterocycles. The van der Waals surface area contributed by atoms with Crippen LogP contribution in [0.2, 0.25) is 0 Å². The van der Waals surface area contributed by atoms with Gasteiger partial charge in [0.1, 0.15) is 5.82 Å². The van der Waals surface area contributed by atoms with Crippen LogP contribution in [0.25, 0.3) is 0 Å². The molecular formula is C21H19FN2O2S. The lowest BCUT2D eigenvalue weighted by Gasteiger charge is -2.24. The maximum Gasteiger partial charge on any atom is 0.161 e. The first-order valence-corrected chi connectivity index (χ1v) is 9.45. The lowest BCUT2D eigenvalue weighted by atomic mass is 10.00. The number of hydrogen-bond acceptors (Lipinski definition) is 5. The summed E-state index contributed by atoms with van der Waals surface area (Å²) in [7, 11) is 3.25. The molecule has 2 aromatic carbocycles. The maximum atomic E-state index is 13.4. The summed E-state index contributed by atoms with van der Waals surface area (Å²) in [4.78, 5) is 1.14. The third-order valence-electron chi connectivity index (χ3n) is 4.60. The van der Waals surface area contributed by atoms with E-state index in [0.29, 0.717) is 11.5 Å². The van der Waals surface area contributed by atoms with Gasteiger partial charge in [-0.05, 0) is 53.4 Å². The van der Waals surface area contributed by atoms with Gasteiger partial charge in [0.2, 0.25) is 0 Å². The Morgan fingerprint density at radius 2 is 1.81 bits per heavy atom. The summed E-state index contributed by atoms with van der Waals surface area (Å²) >= 11 is 1.67. The van der Waals surface area contributed by atoms with E-state index >= 15 is 0 Å². The summed E-state index contributed by atoms with van der Waals surface area (Å²) in [5.41, 5.74) is 2.93. The van der Waals surface area contributed by atoms with E-state index in [9.17, 15) is 4.39 Å². The number of benzene rings is 2. The van der Waals surface area contributed by atoms with Crippen LogP contribution in [0.1, 0.15) is 22.9 Å². The molecule has 2 heterocycles. The van der Waals surface area contributed by atoms with Crippen LogP contribution in [0.5, 0.6) is 11.5 Å². The highest BCUT2D eigenvalue weighted by molar-refractivity contribution is 7.12.